The zero-order chi connectivity index (χ0) is 34.8. The molecule has 0 bridgehead atoms. The van der Waals surface area contributed by atoms with Crippen molar-refractivity contribution < 1.29 is 37.6 Å². The Morgan fingerprint density at radius 3 is 2.53 bits per heavy atom. The third-order valence-electron chi connectivity index (χ3n) is 9.00. The van der Waals surface area contributed by atoms with Gasteiger partial charge in [0.1, 0.15) is 41.6 Å². The number of ether oxygens (including phenoxy) is 5. The molecule has 9 heteroatoms. The molecule has 4 aromatic rings. The fraction of sp³-hybridized carbons (Fsp3) is 0.425. The highest BCUT2D eigenvalue weighted by Gasteiger charge is 2.54. The quantitative estimate of drug-likeness (QED) is 0.110. The van der Waals surface area contributed by atoms with E-state index in [-0.39, 0.29) is 11.7 Å². The van der Waals surface area contributed by atoms with Crippen molar-refractivity contribution in [1.29, 1.82) is 0 Å². The molecule has 4 heterocycles. The van der Waals surface area contributed by atoms with Crippen LogP contribution in [-0.4, -0.2) is 41.6 Å². The van der Waals surface area contributed by atoms with E-state index in [0.717, 1.165) is 54.0 Å². The summed E-state index contributed by atoms with van der Waals surface area (Å²) in [6.45, 7) is 12.6. The molecule has 0 saturated carbocycles. The summed E-state index contributed by atoms with van der Waals surface area (Å²) in [6.07, 6.45) is 13.3. The number of aliphatic hydroxyl groups is 1. The van der Waals surface area contributed by atoms with Crippen molar-refractivity contribution in [2.45, 2.75) is 96.9 Å². The molecular weight excluding hydrogens is 624 g/mol. The summed E-state index contributed by atoms with van der Waals surface area (Å²) in [4.78, 5) is 11.6. The van der Waals surface area contributed by atoms with E-state index in [9.17, 15) is 9.90 Å². The molecule has 2 unspecified atom stereocenters. The van der Waals surface area contributed by atoms with Crippen LogP contribution in [0.15, 0.2) is 91.7 Å². The van der Waals surface area contributed by atoms with Gasteiger partial charge < -0.3 is 37.6 Å². The molecule has 0 aliphatic carbocycles. The van der Waals surface area contributed by atoms with Gasteiger partial charge in [-0.05, 0) is 116 Å². The Kier molecular flexibility index (Phi) is 9.80. The first-order valence-electron chi connectivity index (χ1n) is 16.9. The van der Waals surface area contributed by atoms with Crippen molar-refractivity contribution in [3.8, 4) is 17.2 Å². The van der Waals surface area contributed by atoms with E-state index in [1.54, 1.807) is 18.4 Å². The third kappa shape index (κ3) is 8.29. The second-order valence-electron chi connectivity index (χ2n) is 14.2. The molecule has 2 aromatic heterocycles. The molecule has 0 radical (unpaired) electrons. The maximum atomic E-state index is 11.6. The van der Waals surface area contributed by atoms with Crippen molar-refractivity contribution in [2.75, 3.05) is 13.2 Å². The van der Waals surface area contributed by atoms with Crippen LogP contribution >= 0.6 is 0 Å². The smallest absolute Gasteiger partial charge is 0.350 e. The average Bonchev–Trinajstić information content (AvgIpc) is 3.59. The molecule has 2 aliphatic heterocycles. The normalized spacial score (nSPS) is 20.6. The van der Waals surface area contributed by atoms with E-state index in [4.69, 9.17) is 32.5 Å². The lowest BCUT2D eigenvalue weighted by molar-refractivity contribution is -0.270. The molecule has 2 atom stereocenters. The molecular formula is C40H46O9. The van der Waals surface area contributed by atoms with Gasteiger partial charge in [-0.2, -0.15) is 0 Å². The lowest BCUT2D eigenvalue weighted by Crippen LogP contribution is -2.38. The zero-order valence-corrected chi connectivity index (χ0v) is 29.2. The highest BCUT2D eigenvalue weighted by molar-refractivity contribution is 5.91. The first-order chi connectivity index (χ1) is 23.3. The van der Waals surface area contributed by atoms with E-state index in [2.05, 4.69) is 19.9 Å². The van der Waals surface area contributed by atoms with Crippen molar-refractivity contribution >= 4 is 28.0 Å². The number of rotatable bonds is 13. The summed E-state index contributed by atoms with van der Waals surface area (Å²) in [5.74, 6) is 0.497. The Morgan fingerprint density at radius 1 is 0.980 bits per heavy atom. The number of furan rings is 1. The minimum atomic E-state index is -1.37. The van der Waals surface area contributed by atoms with Gasteiger partial charge in [-0.1, -0.05) is 11.1 Å². The lowest BCUT2D eigenvalue weighted by atomic mass is 9.96. The van der Waals surface area contributed by atoms with Gasteiger partial charge in [0.05, 0.1) is 34.5 Å². The molecule has 6 rings (SSSR count). The van der Waals surface area contributed by atoms with Gasteiger partial charge in [-0.15, -0.1) is 0 Å². The summed E-state index contributed by atoms with van der Waals surface area (Å²) >= 11 is 0. The number of fused-ring (bicyclic) bond motifs is 3. The molecule has 49 heavy (non-hydrogen) atoms. The van der Waals surface area contributed by atoms with Gasteiger partial charge in [-0.3, -0.25) is 0 Å². The predicted molar refractivity (Wildman–Crippen MR) is 189 cm³/mol. The minimum absolute atomic E-state index is 0.237. The number of hydrogen-bond donors (Lipinski definition) is 1. The second-order valence-corrected chi connectivity index (χ2v) is 14.2. The summed E-state index contributed by atoms with van der Waals surface area (Å²) < 4.78 is 42.7. The van der Waals surface area contributed by atoms with Crippen molar-refractivity contribution in [3.05, 3.63) is 94.1 Å². The van der Waals surface area contributed by atoms with Crippen molar-refractivity contribution in [2.24, 2.45) is 0 Å². The molecule has 1 saturated heterocycles. The van der Waals surface area contributed by atoms with Crippen molar-refractivity contribution in [1.82, 2.24) is 0 Å². The highest BCUT2D eigenvalue weighted by Crippen LogP contribution is 2.48. The predicted octanol–water partition coefficient (Wildman–Crippen LogP) is 8.86. The van der Waals surface area contributed by atoms with E-state index >= 15 is 0 Å². The van der Waals surface area contributed by atoms with E-state index in [1.165, 1.54) is 11.6 Å². The Balaban J connectivity index is 1.08. The zero-order valence-electron chi connectivity index (χ0n) is 29.2. The molecule has 0 amide bonds. The molecule has 9 nitrogen and oxygen atoms in total. The van der Waals surface area contributed by atoms with Crippen LogP contribution in [-0.2, 0) is 9.47 Å². The van der Waals surface area contributed by atoms with Crippen LogP contribution in [0.4, 0.5) is 0 Å². The molecule has 1 fully saturated rings. The molecule has 2 aliphatic rings. The largest absolute Gasteiger partial charge is 0.489 e. The van der Waals surface area contributed by atoms with Crippen LogP contribution in [0.3, 0.4) is 0 Å². The van der Waals surface area contributed by atoms with Gasteiger partial charge in [0, 0.05) is 29.7 Å². The first-order valence-corrected chi connectivity index (χ1v) is 16.9. The van der Waals surface area contributed by atoms with Crippen molar-refractivity contribution in [3.63, 3.8) is 0 Å². The topological polar surface area (TPSA) is 110 Å². The second kappa shape index (κ2) is 13.9. The summed E-state index contributed by atoms with van der Waals surface area (Å²) in [5, 5.41) is 11.7. The first kappa shape index (κ1) is 34.5. The standard InChI is InChI=1S/C40H46O9/c1-26(8-7-19-38(3,4)42)17-22-45-37-30-15-20-40(47-34(30)25-33-31(37)18-23-44-33)48-35(39(5,6)49-40)13-9-27(2)16-21-43-29-12-10-28-11-14-36(41)46-32(28)24-29/h10-12,14-18,20,23-25,35,42H,7-9,13,19,21-22H2,1-6H3/b26-17+,27-16+. The Hall–Kier alpha value is -4.31. The summed E-state index contributed by atoms with van der Waals surface area (Å²) in [7, 11) is 0. The molecule has 260 valence electrons. The Morgan fingerprint density at radius 2 is 1.73 bits per heavy atom. The maximum Gasteiger partial charge on any atom is 0.350 e. The fourth-order valence-electron chi connectivity index (χ4n) is 6.21. The highest BCUT2D eigenvalue weighted by atomic mass is 16.9. The number of hydrogen-bond acceptors (Lipinski definition) is 9. The van der Waals surface area contributed by atoms with E-state index < -0.39 is 17.2 Å². The monoisotopic (exact) mass is 670 g/mol. The molecule has 1 spiro atoms. The van der Waals surface area contributed by atoms with Gasteiger partial charge in [0.15, 0.2) is 0 Å². The number of allylic oxidation sites excluding steroid dienone is 2. The SMILES string of the molecule is C/C(=C\COc1c2c(cc3occc13)OC1(C=C2)OC(CC/C(C)=C/COc2ccc3ccc(=O)oc3c2)C(C)(C)O1)CCCC(C)(C)O. The Bertz CT molecular complexity index is 1950. The number of benzene rings is 2. The molecule has 1 N–H and O–H groups in total. The van der Waals surface area contributed by atoms with Crippen LogP contribution < -0.4 is 19.8 Å². The molecule has 2 aromatic carbocycles. The lowest BCUT2D eigenvalue weighted by Gasteiger charge is -2.30. The van der Waals surface area contributed by atoms with Crippen LogP contribution in [0.1, 0.15) is 79.2 Å². The van der Waals surface area contributed by atoms with Gasteiger partial charge in [0.2, 0.25) is 0 Å². The van der Waals surface area contributed by atoms with Crippen LogP contribution in [0.5, 0.6) is 17.2 Å². The fourth-order valence-corrected chi connectivity index (χ4v) is 6.21. The summed E-state index contributed by atoms with van der Waals surface area (Å²) in [6, 6.07) is 12.3. The summed E-state index contributed by atoms with van der Waals surface area (Å²) in [5.41, 5.74) is 2.65. The van der Waals surface area contributed by atoms with E-state index in [1.807, 2.05) is 70.2 Å². The third-order valence-corrected chi connectivity index (χ3v) is 9.00. The van der Waals surface area contributed by atoms with Gasteiger partial charge in [-0.25, -0.2) is 4.79 Å². The van der Waals surface area contributed by atoms with Crippen LogP contribution in [0.25, 0.3) is 28.0 Å². The van der Waals surface area contributed by atoms with Gasteiger partial charge in [0.25, 0.3) is 0 Å². The van der Waals surface area contributed by atoms with Crippen LogP contribution in [0, 0.1) is 0 Å². The maximum absolute atomic E-state index is 11.6. The minimum Gasteiger partial charge on any atom is -0.489 e. The Labute approximate surface area is 286 Å². The average molecular weight is 671 g/mol. The van der Waals surface area contributed by atoms with Crippen LogP contribution in [0.2, 0.25) is 0 Å². The van der Waals surface area contributed by atoms with E-state index in [0.29, 0.717) is 41.6 Å². The van der Waals surface area contributed by atoms with Gasteiger partial charge >= 0.3 is 11.6 Å².